The quantitative estimate of drug-likeness (QED) is 0.665. The third-order valence-electron chi connectivity index (χ3n) is 4.75. The Labute approximate surface area is 160 Å². The van der Waals surface area contributed by atoms with Gasteiger partial charge < -0.3 is 9.80 Å². The molecule has 3 aromatic heterocycles. The average Bonchev–Trinajstić information content (AvgIpc) is 2.72. The smallest absolute Gasteiger partial charge is 0.230 e. The van der Waals surface area contributed by atoms with Crippen LogP contribution in [0.15, 0.2) is 48.8 Å². The van der Waals surface area contributed by atoms with E-state index in [0.717, 1.165) is 11.4 Å². The van der Waals surface area contributed by atoms with E-state index in [2.05, 4.69) is 33.8 Å². The second-order valence-electron chi connectivity index (χ2n) is 6.57. The molecule has 0 radical (unpaired) electrons. The molecule has 0 fully saturated rings. The number of aromatic nitrogens is 5. The van der Waals surface area contributed by atoms with Crippen molar-refractivity contribution in [3.05, 3.63) is 66.0 Å². The molecule has 0 aliphatic carbocycles. The summed E-state index contributed by atoms with van der Waals surface area (Å²) in [5.74, 6) is 1.92. The van der Waals surface area contributed by atoms with Crippen molar-refractivity contribution >= 4 is 11.9 Å². The molecular weight excluding hydrogens is 338 g/mol. The lowest BCUT2D eigenvalue weighted by Gasteiger charge is -2.28. The number of aryl methyl sites for hydroxylation is 1. The van der Waals surface area contributed by atoms with Gasteiger partial charge in [-0.2, -0.15) is 15.0 Å². The minimum atomic E-state index is 0.0411. The van der Waals surface area contributed by atoms with Gasteiger partial charge in [-0.1, -0.05) is 12.1 Å². The van der Waals surface area contributed by atoms with Crippen molar-refractivity contribution in [1.82, 2.24) is 24.9 Å². The molecule has 0 amide bonds. The van der Waals surface area contributed by atoms with Gasteiger partial charge in [-0.3, -0.25) is 9.97 Å². The molecule has 0 bridgehead atoms. The highest BCUT2D eigenvalue weighted by molar-refractivity contribution is 5.41. The van der Waals surface area contributed by atoms with Crippen LogP contribution < -0.4 is 9.80 Å². The Morgan fingerprint density at radius 1 is 0.704 bits per heavy atom. The van der Waals surface area contributed by atoms with Gasteiger partial charge in [-0.15, -0.1) is 0 Å². The summed E-state index contributed by atoms with van der Waals surface area (Å²) in [6, 6.07) is 11.9. The van der Waals surface area contributed by atoms with Crippen LogP contribution in [0.4, 0.5) is 11.9 Å². The first-order valence-electron chi connectivity index (χ1n) is 8.97. The Bertz CT molecular complexity index is 800. The molecule has 0 saturated heterocycles. The maximum Gasteiger partial charge on any atom is 0.230 e. The first kappa shape index (κ1) is 18.7. The molecule has 0 spiro atoms. The lowest BCUT2D eigenvalue weighted by molar-refractivity contribution is 0.665. The van der Waals surface area contributed by atoms with Crippen LogP contribution in [0.3, 0.4) is 0 Å². The molecule has 0 aliphatic heterocycles. The number of pyridine rings is 2. The number of nitrogens with zero attached hydrogens (tertiary/aromatic N) is 7. The summed E-state index contributed by atoms with van der Waals surface area (Å²) in [5, 5.41) is 0. The zero-order valence-electron chi connectivity index (χ0n) is 16.4. The SMILES string of the molecule is Cc1nc(N(C)C(C)c2ccccn2)nc(N(C)C(C)c2ccccn2)n1. The van der Waals surface area contributed by atoms with Crippen molar-refractivity contribution in [3.63, 3.8) is 0 Å². The predicted molar refractivity (Wildman–Crippen MR) is 107 cm³/mol. The molecule has 0 saturated carbocycles. The summed E-state index contributed by atoms with van der Waals surface area (Å²) in [6.45, 7) is 6.05. The largest absolute Gasteiger partial charge is 0.335 e. The number of hydrogen-bond donors (Lipinski definition) is 0. The van der Waals surface area contributed by atoms with Crippen molar-refractivity contribution in [2.75, 3.05) is 23.9 Å². The Balaban J connectivity index is 1.87. The molecule has 7 nitrogen and oxygen atoms in total. The van der Waals surface area contributed by atoms with Crippen LogP contribution in [0.25, 0.3) is 0 Å². The normalized spacial score (nSPS) is 13.1. The van der Waals surface area contributed by atoms with Crippen LogP contribution in [0.2, 0.25) is 0 Å². The fourth-order valence-electron chi connectivity index (χ4n) is 2.76. The predicted octanol–water partition coefficient (Wildman–Crippen LogP) is 3.36. The molecule has 7 heteroatoms. The van der Waals surface area contributed by atoms with E-state index in [4.69, 9.17) is 4.98 Å². The van der Waals surface area contributed by atoms with E-state index in [0.29, 0.717) is 17.7 Å². The van der Waals surface area contributed by atoms with Crippen LogP contribution in [0.1, 0.15) is 43.1 Å². The van der Waals surface area contributed by atoms with Gasteiger partial charge in [-0.05, 0) is 45.0 Å². The van der Waals surface area contributed by atoms with Crippen LogP contribution >= 0.6 is 0 Å². The van der Waals surface area contributed by atoms with Crippen LogP contribution in [0, 0.1) is 6.92 Å². The van der Waals surface area contributed by atoms with Gasteiger partial charge in [0.25, 0.3) is 0 Å². The van der Waals surface area contributed by atoms with Crippen molar-refractivity contribution in [2.24, 2.45) is 0 Å². The standard InChI is InChI=1S/C20H25N7/c1-14(17-10-6-8-12-21-17)26(4)19-23-16(3)24-20(25-19)27(5)15(2)18-11-7-9-13-22-18/h6-15H,1-5H3. The fourth-order valence-corrected chi connectivity index (χ4v) is 2.76. The number of rotatable bonds is 6. The van der Waals surface area contributed by atoms with Crippen LogP contribution in [0.5, 0.6) is 0 Å². The third kappa shape index (κ3) is 4.19. The molecule has 2 atom stereocenters. The van der Waals surface area contributed by atoms with Gasteiger partial charge >= 0.3 is 0 Å². The Morgan fingerprint density at radius 3 is 1.52 bits per heavy atom. The lowest BCUT2D eigenvalue weighted by atomic mass is 10.2. The zero-order chi connectivity index (χ0) is 19.4. The summed E-state index contributed by atoms with van der Waals surface area (Å²) in [6.07, 6.45) is 3.60. The van der Waals surface area contributed by atoms with E-state index < -0.39 is 0 Å². The van der Waals surface area contributed by atoms with Crippen LogP contribution in [-0.4, -0.2) is 39.0 Å². The molecule has 140 valence electrons. The molecule has 0 aliphatic rings. The molecule has 0 N–H and O–H groups in total. The maximum absolute atomic E-state index is 4.70. The topological polar surface area (TPSA) is 70.9 Å². The van der Waals surface area contributed by atoms with Crippen molar-refractivity contribution < 1.29 is 0 Å². The van der Waals surface area contributed by atoms with Gasteiger partial charge in [-0.25, -0.2) is 0 Å². The van der Waals surface area contributed by atoms with Crippen molar-refractivity contribution in [1.29, 1.82) is 0 Å². The first-order chi connectivity index (χ1) is 13.0. The van der Waals surface area contributed by atoms with E-state index in [-0.39, 0.29) is 12.1 Å². The molecule has 3 rings (SSSR count). The van der Waals surface area contributed by atoms with E-state index >= 15 is 0 Å². The minimum absolute atomic E-state index is 0.0411. The van der Waals surface area contributed by atoms with E-state index in [1.165, 1.54) is 0 Å². The van der Waals surface area contributed by atoms with Crippen molar-refractivity contribution in [2.45, 2.75) is 32.9 Å². The summed E-state index contributed by atoms with van der Waals surface area (Å²) in [7, 11) is 3.94. The van der Waals surface area contributed by atoms with Gasteiger partial charge in [0.2, 0.25) is 11.9 Å². The second-order valence-corrected chi connectivity index (χ2v) is 6.57. The van der Waals surface area contributed by atoms with Crippen molar-refractivity contribution in [3.8, 4) is 0 Å². The van der Waals surface area contributed by atoms with E-state index in [1.54, 1.807) is 12.4 Å². The first-order valence-corrected chi connectivity index (χ1v) is 8.97. The summed E-state index contributed by atoms with van der Waals surface area (Å²) in [5.41, 5.74) is 1.93. The minimum Gasteiger partial charge on any atom is -0.335 e. The van der Waals surface area contributed by atoms with Gasteiger partial charge in [0.15, 0.2) is 0 Å². The van der Waals surface area contributed by atoms with E-state index in [1.807, 2.05) is 67.2 Å². The molecule has 3 heterocycles. The van der Waals surface area contributed by atoms with Crippen LogP contribution in [-0.2, 0) is 0 Å². The highest BCUT2D eigenvalue weighted by Gasteiger charge is 2.21. The molecule has 2 unspecified atom stereocenters. The highest BCUT2D eigenvalue weighted by atomic mass is 15.3. The summed E-state index contributed by atoms with van der Waals surface area (Å²) >= 11 is 0. The molecule has 3 aromatic rings. The lowest BCUT2D eigenvalue weighted by Crippen LogP contribution is -2.28. The van der Waals surface area contributed by atoms with E-state index in [9.17, 15) is 0 Å². The maximum atomic E-state index is 4.70. The summed E-state index contributed by atoms with van der Waals surface area (Å²) in [4.78, 5) is 26.7. The molecule has 27 heavy (non-hydrogen) atoms. The third-order valence-corrected chi connectivity index (χ3v) is 4.75. The van der Waals surface area contributed by atoms with Gasteiger partial charge in [0, 0.05) is 26.5 Å². The Morgan fingerprint density at radius 2 is 1.15 bits per heavy atom. The molecular formula is C20H25N7. The Hall–Kier alpha value is -3.09. The summed E-state index contributed by atoms with van der Waals surface area (Å²) < 4.78 is 0. The number of hydrogen-bond acceptors (Lipinski definition) is 7. The average molecular weight is 363 g/mol. The zero-order valence-corrected chi connectivity index (χ0v) is 16.4. The van der Waals surface area contributed by atoms with Gasteiger partial charge in [0.1, 0.15) is 5.82 Å². The Kier molecular flexibility index (Phi) is 5.59. The fraction of sp³-hybridized carbons (Fsp3) is 0.350. The second kappa shape index (κ2) is 8.07. The number of anilines is 2. The van der Waals surface area contributed by atoms with Gasteiger partial charge in [0.05, 0.1) is 23.5 Å². The molecule has 0 aromatic carbocycles. The highest BCUT2D eigenvalue weighted by Crippen LogP contribution is 2.25. The monoisotopic (exact) mass is 363 g/mol.